The lowest BCUT2D eigenvalue weighted by Gasteiger charge is -2.09. The molecule has 0 aliphatic rings. The van der Waals surface area contributed by atoms with Gasteiger partial charge in [-0.3, -0.25) is 9.40 Å². The summed E-state index contributed by atoms with van der Waals surface area (Å²) in [5.74, 6) is 0.107. The van der Waals surface area contributed by atoms with Gasteiger partial charge in [0.1, 0.15) is 0 Å². The van der Waals surface area contributed by atoms with E-state index in [1.165, 1.54) is 6.20 Å². The van der Waals surface area contributed by atoms with E-state index in [2.05, 4.69) is 9.82 Å². The lowest BCUT2D eigenvalue weighted by Crippen LogP contribution is -2.16. The molecule has 1 aromatic carbocycles. The molecule has 0 saturated heterocycles. The lowest BCUT2D eigenvalue weighted by atomic mass is 10.1. The Balaban J connectivity index is 2.39. The van der Waals surface area contributed by atoms with E-state index < -0.39 is 10.0 Å². The number of sulfonamides is 1. The third-order valence-corrected chi connectivity index (χ3v) is 4.20. The average molecular weight is 279 g/mol. The number of rotatable bonds is 5. The molecular formula is C13H17N3O2S. The average Bonchev–Trinajstić information content (AvgIpc) is 2.70. The smallest absolute Gasteiger partial charge is 0.232 e. The minimum atomic E-state index is -3.31. The molecule has 102 valence electrons. The molecule has 0 fully saturated rings. The molecule has 0 aliphatic carbocycles. The monoisotopic (exact) mass is 279 g/mol. The first kappa shape index (κ1) is 13.6. The highest BCUT2D eigenvalue weighted by atomic mass is 32.2. The molecule has 1 N–H and O–H groups in total. The highest BCUT2D eigenvalue weighted by Gasteiger charge is 2.16. The van der Waals surface area contributed by atoms with Crippen LogP contribution in [0.2, 0.25) is 0 Å². The van der Waals surface area contributed by atoms with Gasteiger partial charge in [-0.05, 0) is 6.42 Å². The first-order valence-electron chi connectivity index (χ1n) is 6.11. The SMILES string of the molecule is CCCS(=O)(=O)Nc1cnn(C)c1-c1ccccc1. The van der Waals surface area contributed by atoms with Gasteiger partial charge in [-0.15, -0.1) is 0 Å². The second-order valence-corrected chi connectivity index (χ2v) is 6.16. The normalized spacial score (nSPS) is 11.5. The molecule has 0 bridgehead atoms. The summed E-state index contributed by atoms with van der Waals surface area (Å²) < 4.78 is 28.0. The summed E-state index contributed by atoms with van der Waals surface area (Å²) in [4.78, 5) is 0. The summed E-state index contributed by atoms with van der Waals surface area (Å²) in [6, 6.07) is 9.59. The lowest BCUT2D eigenvalue weighted by molar-refractivity contribution is 0.600. The molecule has 0 aliphatic heterocycles. The van der Waals surface area contributed by atoms with Crippen LogP contribution >= 0.6 is 0 Å². The van der Waals surface area contributed by atoms with Crippen molar-refractivity contribution in [2.75, 3.05) is 10.5 Å². The summed E-state index contributed by atoms with van der Waals surface area (Å²) in [5, 5.41) is 4.13. The van der Waals surface area contributed by atoms with E-state index in [9.17, 15) is 8.42 Å². The molecule has 6 heteroatoms. The van der Waals surface area contributed by atoms with Crippen LogP contribution in [-0.4, -0.2) is 24.0 Å². The van der Waals surface area contributed by atoms with Gasteiger partial charge >= 0.3 is 0 Å². The van der Waals surface area contributed by atoms with Crippen molar-refractivity contribution < 1.29 is 8.42 Å². The van der Waals surface area contributed by atoms with Crippen LogP contribution in [0.1, 0.15) is 13.3 Å². The molecule has 0 radical (unpaired) electrons. The maximum Gasteiger partial charge on any atom is 0.232 e. The topological polar surface area (TPSA) is 64.0 Å². The maximum absolute atomic E-state index is 11.8. The number of hydrogen-bond donors (Lipinski definition) is 1. The minimum Gasteiger partial charge on any atom is -0.280 e. The van der Waals surface area contributed by atoms with Crippen molar-refractivity contribution in [3.8, 4) is 11.3 Å². The van der Waals surface area contributed by atoms with Crippen molar-refractivity contribution in [2.24, 2.45) is 7.05 Å². The zero-order valence-electron chi connectivity index (χ0n) is 11.0. The van der Waals surface area contributed by atoms with E-state index in [1.54, 1.807) is 11.7 Å². The highest BCUT2D eigenvalue weighted by Crippen LogP contribution is 2.27. The van der Waals surface area contributed by atoms with E-state index in [1.807, 2.05) is 37.3 Å². The molecule has 19 heavy (non-hydrogen) atoms. The van der Waals surface area contributed by atoms with Crippen molar-refractivity contribution in [2.45, 2.75) is 13.3 Å². The maximum atomic E-state index is 11.8. The zero-order chi connectivity index (χ0) is 13.9. The molecule has 0 unspecified atom stereocenters. The summed E-state index contributed by atoms with van der Waals surface area (Å²) in [6.45, 7) is 1.83. The quantitative estimate of drug-likeness (QED) is 0.913. The van der Waals surface area contributed by atoms with E-state index >= 15 is 0 Å². The number of nitrogens with one attached hydrogen (secondary N) is 1. The van der Waals surface area contributed by atoms with Crippen molar-refractivity contribution in [1.82, 2.24) is 9.78 Å². The van der Waals surface area contributed by atoms with Crippen molar-refractivity contribution >= 4 is 15.7 Å². The Bertz CT molecular complexity index is 648. The van der Waals surface area contributed by atoms with Gasteiger partial charge in [-0.2, -0.15) is 5.10 Å². The fourth-order valence-corrected chi connectivity index (χ4v) is 3.06. The van der Waals surface area contributed by atoms with Crippen molar-refractivity contribution in [3.63, 3.8) is 0 Å². The Labute approximate surface area is 113 Å². The number of anilines is 1. The van der Waals surface area contributed by atoms with Crippen LogP contribution in [-0.2, 0) is 17.1 Å². The van der Waals surface area contributed by atoms with E-state index in [-0.39, 0.29) is 5.75 Å². The van der Waals surface area contributed by atoms with Gasteiger partial charge < -0.3 is 0 Å². The largest absolute Gasteiger partial charge is 0.280 e. The summed E-state index contributed by atoms with van der Waals surface area (Å²) in [5.41, 5.74) is 2.21. The Kier molecular flexibility index (Phi) is 3.90. The van der Waals surface area contributed by atoms with Crippen molar-refractivity contribution in [3.05, 3.63) is 36.5 Å². The van der Waals surface area contributed by atoms with Crippen LogP contribution in [0.25, 0.3) is 11.3 Å². The number of benzene rings is 1. The molecular weight excluding hydrogens is 262 g/mol. The van der Waals surface area contributed by atoms with Crippen LogP contribution in [0.3, 0.4) is 0 Å². The van der Waals surface area contributed by atoms with Crippen LogP contribution in [0.4, 0.5) is 5.69 Å². The summed E-state index contributed by atoms with van der Waals surface area (Å²) in [7, 11) is -1.51. The van der Waals surface area contributed by atoms with Gasteiger partial charge in [0.2, 0.25) is 10.0 Å². The number of hydrogen-bond acceptors (Lipinski definition) is 3. The second-order valence-electron chi connectivity index (χ2n) is 4.32. The second kappa shape index (κ2) is 5.44. The highest BCUT2D eigenvalue weighted by molar-refractivity contribution is 7.92. The molecule has 0 amide bonds. The van der Waals surface area contributed by atoms with Crippen LogP contribution in [0, 0.1) is 0 Å². The third kappa shape index (κ3) is 3.14. The molecule has 0 spiro atoms. The molecule has 1 aromatic heterocycles. The van der Waals surface area contributed by atoms with Gasteiger partial charge in [0.05, 0.1) is 23.3 Å². The molecule has 1 heterocycles. The van der Waals surface area contributed by atoms with E-state index in [0.717, 1.165) is 11.3 Å². The fourth-order valence-electron chi connectivity index (χ4n) is 1.94. The molecule has 5 nitrogen and oxygen atoms in total. The van der Waals surface area contributed by atoms with Gasteiger partial charge in [0.15, 0.2) is 0 Å². The molecule has 0 atom stereocenters. The number of nitrogens with zero attached hydrogens (tertiary/aromatic N) is 2. The van der Waals surface area contributed by atoms with Gasteiger partial charge in [-0.25, -0.2) is 8.42 Å². The van der Waals surface area contributed by atoms with Gasteiger partial charge in [0.25, 0.3) is 0 Å². The first-order valence-corrected chi connectivity index (χ1v) is 7.76. The van der Waals surface area contributed by atoms with E-state index in [0.29, 0.717) is 12.1 Å². The fraction of sp³-hybridized carbons (Fsp3) is 0.308. The summed E-state index contributed by atoms with van der Waals surface area (Å²) in [6.07, 6.45) is 2.12. The van der Waals surface area contributed by atoms with E-state index in [4.69, 9.17) is 0 Å². The Morgan fingerprint density at radius 3 is 2.58 bits per heavy atom. The molecule has 2 aromatic rings. The predicted octanol–water partition coefficient (Wildman–Crippen LogP) is 2.24. The molecule has 0 saturated carbocycles. The Morgan fingerprint density at radius 2 is 1.95 bits per heavy atom. The van der Waals surface area contributed by atoms with Gasteiger partial charge in [-0.1, -0.05) is 37.3 Å². The summed E-state index contributed by atoms with van der Waals surface area (Å²) >= 11 is 0. The third-order valence-electron chi connectivity index (χ3n) is 2.72. The Morgan fingerprint density at radius 1 is 1.26 bits per heavy atom. The first-order chi connectivity index (χ1) is 9.03. The minimum absolute atomic E-state index is 0.107. The van der Waals surface area contributed by atoms with Crippen LogP contribution < -0.4 is 4.72 Å². The zero-order valence-corrected chi connectivity index (χ0v) is 11.8. The van der Waals surface area contributed by atoms with Crippen molar-refractivity contribution in [1.29, 1.82) is 0 Å². The number of aryl methyl sites for hydroxylation is 1. The van der Waals surface area contributed by atoms with Crippen LogP contribution in [0.15, 0.2) is 36.5 Å². The van der Waals surface area contributed by atoms with Gasteiger partial charge in [0, 0.05) is 12.6 Å². The Hall–Kier alpha value is -1.82. The van der Waals surface area contributed by atoms with Crippen LogP contribution in [0.5, 0.6) is 0 Å². The molecule has 2 rings (SSSR count). The number of aromatic nitrogens is 2. The standard InChI is InChI=1S/C13H17N3O2S/c1-3-9-19(17,18)15-12-10-14-16(2)13(12)11-7-5-4-6-8-11/h4-8,10,15H,3,9H2,1-2H3. The predicted molar refractivity (Wildman–Crippen MR) is 76.3 cm³/mol.